The van der Waals surface area contributed by atoms with Gasteiger partial charge in [-0.3, -0.25) is 0 Å². The Morgan fingerprint density at radius 2 is 2.25 bits per heavy atom. The molecule has 0 atom stereocenters. The maximum absolute atomic E-state index is 3.39. The fourth-order valence-electron chi connectivity index (χ4n) is 1.21. The minimum Gasteiger partial charge on any atom is -0.357 e. The van der Waals surface area contributed by atoms with Crippen LogP contribution < -0.4 is 5.32 Å². The van der Waals surface area contributed by atoms with E-state index < -0.39 is 0 Å². The van der Waals surface area contributed by atoms with Crippen molar-refractivity contribution in [2.24, 2.45) is 7.05 Å². The Kier molecular flexibility index (Phi) is 3.35. The smallest absolute Gasteiger partial charge is 0.0106 e. The standard InChI is InChI=1S/C10H18N2/c1-9(2)11-6-4-10-5-7-12(3)8-10/h5,7-9,11H,4,6H2,1-3H3. The molecule has 1 aromatic heterocycles. The first-order chi connectivity index (χ1) is 5.68. The highest BCUT2D eigenvalue weighted by atomic mass is 14.9. The van der Waals surface area contributed by atoms with Crippen molar-refractivity contribution >= 4 is 0 Å². The van der Waals surface area contributed by atoms with Crippen LogP contribution >= 0.6 is 0 Å². The molecule has 0 saturated heterocycles. The van der Waals surface area contributed by atoms with Gasteiger partial charge in [-0.05, 0) is 24.6 Å². The molecule has 1 rings (SSSR count). The Morgan fingerprint density at radius 3 is 2.75 bits per heavy atom. The third-order valence-corrected chi connectivity index (χ3v) is 1.86. The fraction of sp³-hybridized carbons (Fsp3) is 0.600. The van der Waals surface area contributed by atoms with Crippen molar-refractivity contribution in [3.63, 3.8) is 0 Å². The van der Waals surface area contributed by atoms with Crippen LogP contribution in [0.3, 0.4) is 0 Å². The fourth-order valence-corrected chi connectivity index (χ4v) is 1.21. The largest absolute Gasteiger partial charge is 0.357 e. The molecule has 0 spiro atoms. The van der Waals surface area contributed by atoms with E-state index in [1.807, 2.05) is 0 Å². The monoisotopic (exact) mass is 166 g/mol. The van der Waals surface area contributed by atoms with E-state index in [9.17, 15) is 0 Å². The Hall–Kier alpha value is -0.760. The molecule has 1 heterocycles. The van der Waals surface area contributed by atoms with Crippen LogP contribution in [-0.4, -0.2) is 17.2 Å². The molecule has 0 aliphatic heterocycles. The number of aromatic nitrogens is 1. The van der Waals surface area contributed by atoms with Gasteiger partial charge < -0.3 is 9.88 Å². The minimum atomic E-state index is 0.591. The zero-order valence-corrected chi connectivity index (χ0v) is 8.17. The average Bonchev–Trinajstić information content (AvgIpc) is 2.35. The number of hydrogen-bond acceptors (Lipinski definition) is 1. The zero-order chi connectivity index (χ0) is 8.97. The molecule has 2 nitrogen and oxygen atoms in total. The molecule has 12 heavy (non-hydrogen) atoms. The van der Waals surface area contributed by atoms with E-state index >= 15 is 0 Å². The van der Waals surface area contributed by atoms with E-state index in [0.29, 0.717) is 6.04 Å². The highest BCUT2D eigenvalue weighted by molar-refractivity contribution is 5.10. The molecule has 0 saturated carbocycles. The van der Waals surface area contributed by atoms with Crippen molar-refractivity contribution in [2.45, 2.75) is 26.3 Å². The second kappa shape index (κ2) is 4.31. The van der Waals surface area contributed by atoms with Crippen LogP contribution in [0.25, 0.3) is 0 Å². The topological polar surface area (TPSA) is 17.0 Å². The van der Waals surface area contributed by atoms with Gasteiger partial charge in [-0.15, -0.1) is 0 Å². The molecular weight excluding hydrogens is 148 g/mol. The average molecular weight is 166 g/mol. The highest BCUT2D eigenvalue weighted by Gasteiger charge is 1.95. The number of hydrogen-bond donors (Lipinski definition) is 1. The quantitative estimate of drug-likeness (QED) is 0.718. The van der Waals surface area contributed by atoms with E-state index in [2.05, 4.69) is 49.2 Å². The van der Waals surface area contributed by atoms with Crippen molar-refractivity contribution in [3.8, 4) is 0 Å². The molecule has 0 radical (unpaired) electrons. The number of rotatable bonds is 4. The highest BCUT2D eigenvalue weighted by Crippen LogP contribution is 1.99. The molecule has 2 heteroatoms. The van der Waals surface area contributed by atoms with E-state index in [1.54, 1.807) is 0 Å². The summed E-state index contributed by atoms with van der Waals surface area (Å²) in [6, 6.07) is 2.76. The summed E-state index contributed by atoms with van der Waals surface area (Å²) in [6.07, 6.45) is 5.38. The minimum absolute atomic E-state index is 0.591. The molecule has 0 amide bonds. The first kappa shape index (κ1) is 9.33. The molecule has 0 unspecified atom stereocenters. The van der Waals surface area contributed by atoms with Gasteiger partial charge >= 0.3 is 0 Å². The van der Waals surface area contributed by atoms with Crippen LogP contribution in [0.15, 0.2) is 18.5 Å². The first-order valence-corrected chi connectivity index (χ1v) is 4.52. The predicted molar refractivity (Wildman–Crippen MR) is 52.3 cm³/mol. The molecule has 1 N–H and O–H groups in total. The third kappa shape index (κ3) is 3.09. The van der Waals surface area contributed by atoms with Crippen molar-refractivity contribution in [3.05, 3.63) is 24.0 Å². The lowest BCUT2D eigenvalue weighted by Gasteiger charge is -2.05. The lowest BCUT2D eigenvalue weighted by atomic mass is 10.2. The zero-order valence-electron chi connectivity index (χ0n) is 8.17. The number of nitrogens with one attached hydrogen (secondary N) is 1. The first-order valence-electron chi connectivity index (χ1n) is 4.52. The van der Waals surface area contributed by atoms with Gasteiger partial charge in [0, 0.05) is 25.5 Å². The summed E-state index contributed by atoms with van der Waals surface area (Å²) >= 11 is 0. The summed E-state index contributed by atoms with van der Waals surface area (Å²) in [5.74, 6) is 0. The molecular formula is C10H18N2. The SMILES string of the molecule is CC(C)NCCc1ccn(C)c1. The third-order valence-electron chi connectivity index (χ3n) is 1.86. The molecule has 1 aromatic rings. The van der Waals surface area contributed by atoms with Crippen molar-refractivity contribution in [2.75, 3.05) is 6.54 Å². The Balaban J connectivity index is 2.24. The molecule has 0 bridgehead atoms. The summed E-state index contributed by atoms with van der Waals surface area (Å²) in [6.45, 7) is 5.41. The van der Waals surface area contributed by atoms with Crippen LogP contribution in [0.5, 0.6) is 0 Å². The normalized spacial score (nSPS) is 11.0. The van der Waals surface area contributed by atoms with Crippen LogP contribution in [0, 0.1) is 0 Å². The van der Waals surface area contributed by atoms with Gasteiger partial charge in [0.05, 0.1) is 0 Å². The van der Waals surface area contributed by atoms with Gasteiger partial charge in [0.15, 0.2) is 0 Å². The van der Waals surface area contributed by atoms with Crippen molar-refractivity contribution in [1.29, 1.82) is 0 Å². The Morgan fingerprint density at radius 1 is 1.50 bits per heavy atom. The molecule has 0 aromatic carbocycles. The Labute approximate surface area is 74.6 Å². The molecule has 0 fully saturated rings. The van der Waals surface area contributed by atoms with E-state index in [1.165, 1.54) is 5.56 Å². The molecule has 0 aliphatic rings. The van der Waals surface area contributed by atoms with E-state index in [-0.39, 0.29) is 0 Å². The van der Waals surface area contributed by atoms with Crippen molar-refractivity contribution < 1.29 is 0 Å². The van der Waals surface area contributed by atoms with Crippen LogP contribution in [0.4, 0.5) is 0 Å². The van der Waals surface area contributed by atoms with Gasteiger partial charge in [-0.2, -0.15) is 0 Å². The van der Waals surface area contributed by atoms with Gasteiger partial charge in [0.25, 0.3) is 0 Å². The predicted octanol–water partition coefficient (Wildman–Crippen LogP) is 1.57. The second-order valence-electron chi connectivity index (χ2n) is 3.54. The van der Waals surface area contributed by atoms with Crippen molar-refractivity contribution in [1.82, 2.24) is 9.88 Å². The number of nitrogens with zero attached hydrogens (tertiary/aromatic N) is 1. The maximum atomic E-state index is 3.39. The van der Waals surface area contributed by atoms with Crippen LogP contribution in [0.2, 0.25) is 0 Å². The van der Waals surface area contributed by atoms with E-state index in [0.717, 1.165) is 13.0 Å². The summed E-state index contributed by atoms with van der Waals surface area (Å²) in [4.78, 5) is 0. The summed E-state index contributed by atoms with van der Waals surface area (Å²) in [5.41, 5.74) is 1.41. The molecule has 68 valence electrons. The lowest BCUT2D eigenvalue weighted by Crippen LogP contribution is -2.24. The number of aryl methyl sites for hydroxylation is 1. The van der Waals surface area contributed by atoms with Gasteiger partial charge in [-0.25, -0.2) is 0 Å². The Bertz CT molecular complexity index is 225. The second-order valence-corrected chi connectivity index (χ2v) is 3.54. The lowest BCUT2D eigenvalue weighted by molar-refractivity contribution is 0.590. The van der Waals surface area contributed by atoms with Gasteiger partial charge in [0.2, 0.25) is 0 Å². The van der Waals surface area contributed by atoms with Crippen LogP contribution in [0.1, 0.15) is 19.4 Å². The maximum Gasteiger partial charge on any atom is 0.0106 e. The summed E-state index contributed by atoms with van der Waals surface area (Å²) in [5, 5.41) is 3.39. The van der Waals surface area contributed by atoms with Gasteiger partial charge in [-0.1, -0.05) is 13.8 Å². The van der Waals surface area contributed by atoms with E-state index in [4.69, 9.17) is 0 Å². The summed E-state index contributed by atoms with van der Waals surface area (Å²) in [7, 11) is 2.05. The molecule has 0 aliphatic carbocycles. The van der Waals surface area contributed by atoms with Crippen LogP contribution in [-0.2, 0) is 13.5 Å². The van der Waals surface area contributed by atoms with Gasteiger partial charge in [0.1, 0.15) is 0 Å². The summed E-state index contributed by atoms with van der Waals surface area (Å²) < 4.78 is 2.09.